The maximum atomic E-state index is 13.4. The van der Waals surface area contributed by atoms with E-state index in [0.717, 1.165) is 0 Å². The zero-order chi connectivity index (χ0) is 15.9. The number of nitrogen functional groups attached to an aromatic ring is 1. The Balaban J connectivity index is 2.10. The van der Waals surface area contributed by atoms with Crippen LogP contribution in [0.2, 0.25) is 0 Å². The van der Waals surface area contributed by atoms with E-state index in [1.807, 2.05) is 0 Å². The van der Waals surface area contributed by atoms with Crippen molar-refractivity contribution in [3.63, 3.8) is 0 Å². The lowest BCUT2D eigenvalue weighted by molar-refractivity contribution is -0.0959. The largest absolute Gasteiger partial charge is 0.393 e. The number of fused-ring (bicyclic) bond motifs is 1. The number of aliphatic hydroxyl groups is 2. The van der Waals surface area contributed by atoms with Crippen molar-refractivity contribution in [3.05, 3.63) is 25.3 Å². The molecule has 3 heterocycles. The third kappa shape index (κ3) is 1.90. The number of hydrogen-bond donors (Lipinski definition) is 3. The lowest BCUT2D eigenvalue weighted by Crippen LogP contribution is -2.43. The van der Waals surface area contributed by atoms with E-state index < -0.39 is 37.1 Å². The Morgan fingerprint density at radius 3 is 2.91 bits per heavy atom. The van der Waals surface area contributed by atoms with Crippen LogP contribution in [0.5, 0.6) is 0 Å². The highest BCUT2D eigenvalue weighted by atomic mass is 19.1. The van der Waals surface area contributed by atoms with Crippen molar-refractivity contribution < 1.29 is 19.3 Å². The standard InChI is InChI=1S/C13H16FN5O3/c1-2-13(4-20)9(21)7(3-14)12(22-13)19-6-18-8-10(15)16-5-17-11(8)19/h2,5-7,9,12,20-21H,1,3-4H2,(H2,15,16,17)/t7-,9-,12+,13+/m0/s1. The molecule has 0 amide bonds. The second-order valence-electron chi connectivity index (χ2n) is 5.17. The SMILES string of the molecule is C=C[C@]1(CO)O[C@@H](n2cnc3c(N)ncnc32)[C@@H](CF)[C@@H]1O. The highest BCUT2D eigenvalue weighted by molar-refractivity contribution is 5.81. The van der Waals surface area contributed by atoms with E-state index in [4.69, 9.17) is 10.5 Å². The molecule has 1 aliphatic rings. The van der Waals surface area contributed by atoms with Gasteiger partial charge in [0.25, 0.3) is 0 Å². The minimum atomic E-state index is -1.43. The highest BCUT2D eigenvalue weighted by Gasteiger charge is 2.53. The molecule has 1 saturated heterocycles. The van der Waals surface area contributed by atoms with Crippen LogP contribution in [0.1, 0.15) is 6.23 Å². The smallest absolute Gasteiger partial charge is 0.167 e. The summed E-state index contributed by atoms with van der Waals surface area (Å²) in [7, 11) is 0. The van der Waals surface area contributed by atoms with Gasteiger partial charge in [-0.2, -0.15) is 0 Å². The van der Waals surface area contributed by atoms with E-state index in [1.165, 1.54) is 23.3 Å². The van der Waals surface area contributed by atoms with Gasteiger partial charge in [-0.15, -0.1) is 6.58 Å². The van der Waals surface area contributed by atoms with E-state index in [-0.39, 0.29) is 5.82 Å². The lowest BCUT2D eigenvalue weighted by Gasteiger charge is -2.26. The number of alkyl halides is 1. The van der Waals surface area contributed by atoms with Crippen LogP contribution in [0.3, 0.4) is 0 Å². The van der Waals surface area contributed by atoms with Crippen molar-refractivity contribution in [3.8, 4) is 0 Å². The minimum Gasteiger partial charge on any atom is -0.393 e. The molecule has 4 N–H and O–H groups in total. The molecule has 8 nitrogen and oxygen atoms in total. The number of halogens is 1. The second kappa shape index (κ2) is 5.27. The Labute approximate surface area is 125 Å². The van der Waals surface area contributed by atoms with Gasteiger partial charge in [-0.05, 0) is 0 Å². The summed E-state index contributed by atoms with van der Waals surface area (Å²) in [6.07, 6.45) is 1.79. The molecule has 0 saturated carbocycles. The first kappa shape index (κ1) is 14.8. The molecule has 22 heavy (non-hydrogen) atoms. The Hall–Kier alpha value is -2.10. The summed E-state index contributed by atoms with van der Waals surface area (Å²) in [5.41, 5.74) is 5.01. The van der Waals surface area contributed by atoms with Gasteiger partial charge in [0.2, 0.25) is 0 Å². The maximum Gasteiger partial charge on any atom is 0.167 e. The molecule has 2 aromatic rings. The molecule has 0 radical (unpaired) electrons. The number of nitrogens with two attached hydrogens (primary N) is 1. The van der Waals surface area contributed by atoms with Crippen LogP contribution >= 0.6 is 0 Å². The molecule has 1 fully saturated rings. The summed E-state index contributed by atoms with van der Waals surface area (Å²) in [5, 5.41) is 19.8. The van der Waals surface area contributed by atoms with Gasteiger partial charge in [0, 0.05) is 0 Å². The van der Waals surface area contributed by atoms with Crippen molar-refractivity contribution in [1.29, 1.82) is 0 Å². The Morgan fingerprint density at radius 2 is 2.27 bits per heavy atom. The van der Waals surface area contributed by atoms with Crippen LogP contribution in [0.4, 0.5) is 10.2 Å². The van der Waals surface area contributed by atoms with E-state index in [1.54, 1.807) is 0 Å². The maximum absolute atomic E-state index is 13.4. The summed E-state index contributed by atoms with van der Waals surface area (Å²) in [4.78, 5) is 12.0. The number of rotatable bonds is 4. The molecule has 0 aliphatic carbocycles. The molecular formula is C13H16FN5O3. The van der Waals surface area contributed by atoms with Gasteiger partial charge in [-0.25, -0.2) is 15.0 Å². The van der Waals surface area contributed by atoms with Crippen molar-refractivity contribution in [1.82, 2.24) is 19.5 Å². The zero-order valence-electron chi connectivity index (χ0n) is 11.6. The molecule has 0 unspecified atom stereocenters. The first-order valence-corrected chi connectivity index (χ1v) is 6.67. The van der Waals surface area contributed by atoms with E-state index >= 15 is 0 Å². The summed E-state index contributed by atoms with van der Waals surface area (Å²) in [6.45, 7) is 2.19. The normalized spacial score (nSPS) is 31.7. The fraction of sp³-hybridized carbons (Fsp3) is 0.462. The summed E-state index contributed by atoms with van der Waals surface area (Å²) >= 11 is 0. The van der Waals surface area contributed by atoms with Gasteiger partial charge in [0.1, 0.15) is 23.7 Å². The van der Waals surface area contributed by atoms with Gasteiger partial charge in [-0.1, -0.05) is 6.08 Å². The van der Waals surface area contributed by atoms with Crippen LogP contribution in [0.15, 0.2) is 25.3 Å². The highest BCUT2D eigenvalue weighted by Crippen LogP contribution is 2.43. The Morgan fingerprint density at radius 1 is 1.50 bits per heavy atom. The van der Waals surface area contributed by atoms with Gasteiger partial charge in [-0.3, -0.25) is 8.96 Å². The van der Waals surface area contributed by atoms with Crippen LogP contribution < -0.4 is 5.73 Å². The van der Waals surface area contributed by atoms with E-state index in [0.29, 0.717) is 11.2 Å². The summed E-state index contributed by atoms with van der Waals surface area (Å²) in [5.74, 6) is -0.713. The van der Waals surface area contributed by atoms with Crippen LogP contribution in [-0.2, 0) is 4.74 Å². The molecule has 2 aromatic heterocycles. The molecule has 0 spiro atoms. The zero-order valence-corrected chi connectivity index (χ0v) is 11.6. The van der Waals surface area contributed by atoms with Gasteiger partial charge in [0.15, 0.2) is 11.5 Å². The molecule has 0 aromatic carbocycles. The van der Waals surface area contributed by atoms with Crippen LogP contribution in [0.25, 0.3) is 11.2 Å². The first-order valence-electron chi connectivity index (χ1n) is 6.67. The number of nitrogens with zero attached hydrogens (tertiary/aromatic N) is 4. The second-order valence-corrected chi connectivity index (χ2v) is 5.17. The van der Waals surface area contributed by atoms with Gasteiger partial charge in [0.05, 0.1) is 31.6 Å². The number of aliphatic hydroxyl groups excluding tert-OH is 2. The predicted octanol–water partition coefficient (Wildman–Crippen LogP) is -0.199. The fourth-order valence-electron chi connectivity index (χ4n) is 2.74. The number of aromatic nitrogens is 4. The van der Waals surface area contributed by atoms with Gasteiger partial charge >= 0.3 is 0 Å². The Bertz CT molecular complexity index is 708. The lowest BCUT2D eigenvalue weighted by atomic mass is 9.91. The van der Waals surface area contributed by atoms with Crippen molar-refractivity contribution in [2.75, 3.05) is 19.0 Å². The molecular weight excluding hydrogens is 293 g/mol. The van der Waals surface area contributed by atoms with Crippen molar-refractivity contribution in [2.24, 2.45) is 5.92 Å². The van der Waals surface area contributed by atoms with Crippen LogP contribution in [0, 0.1) is 5.92 Å². The first-order chi connectivity index (χ1) is 10.6. The number of ether oxygens (including phenoxy) is 1. The molecule has 9 heteroatoms. The number of hydrogen-bond acceptors (Lipinski definition) is 7. The van der Waals surface area contributed by atoms with Crippen LogP contribution in [-0.4, -0.2) is 54.7 Å². The Kier molecular flexibility index (Phi) is 3.55. The monoisotopic (exact) mass is 309 g/mol. The molecule has 118 valence electrons. The third-order valence-corrected chi connectivity index (χ3v) is 4.04. The average Bonchev–Trinajstić information content (AvgIpc) is 3.07. The van der Waals surface area contributed by atoms with Crippen molar-refractivity contribution in [2.45, 2.75) is 17.9 Å². The molecule has 0 bridgehead atoms. The average molecular weight is 309 g/mol. The summed E-state index contributed by atoms with van der Waals surface area (Å²) < 4.78 is 20.6. The van der Waals surface area contributed by atoms with E-state index in [2.05, 4.69) is 21.5 Å². The topological polar surface area (TPSA) is 119 Å². The minimum absolute atomic E-state index is 0.191. The van der Waals surface area contributed by atoms with Gasteiger partial charge < -0.3 is 20.7 Å². The molecule has 1 aliphatic heterocycles. The van der Waals surface area contributed by atoms with Crippen molar-refractivity contribution >= 4 is 17.0 Å². The summed E-state index contributed by atoms with van der Waals surface area (Å²) in [6, 6.07) is 0. The third-order valence-electron chi connectivity index (χ3n) is 4.04. The molecule has 4 atom stereocenters. The fourth-order valence-corrected chi connectivity index (χ4v) is 2.74. The predicted molar refractivity (Wildman–Crippen MR) is 75.3 cm³/mol. The van der Waals surface area contributed by atoms with E-state index in [9.17, 15) is 14.6 Å². The number of anilines is 1. The number of imidazole rings is 1. The molecule has 3 rings (SSSR count). The quantitative estimate of drug-likeness (QED) is 0.669.